The molecule has 0 radical (unpaired) electrons. The summed E-state index contributed by atoms with van der Waals surface area (Å²) in [5.74, 6) is 0.888. The Balaban J connectivity index is 1.34. The summed E-state index contributed by atoms with van der Waals surface area (Å²) in [7, 11) is 0. The molecule has 36 heavy (non-hydrogen) atoms. The van der Waals surface area contributed by atoms with Crippen LogP contribution in [0.25, 0.3) is 5.69 Å². The van der Waals surface area contributed by atoms with E-state index in [0.29, 0.717) is 30.4 Å². The van der Waals surface area contributed by atoms with Gasteiger partial charge in [0.15, 0.2) is 0 Å². The lowest BCUT2D eigenvalue weighted by molar-refractivity contribution is -0.0163. The molecule has 1 aliphatic carbocycles. The molecular formula is C28H36N4O4. The largest absolute Gasteiger partial charge is 0.491 e. The number of aliphatic hydroxyl groups excluding tert-OH is 1. The number of amides is 1. The molecule has 8 nitrogen and oxygen atoms in total. The number of pyridine rings is 1. The number of hydrogen-bond donors (Lipinski definition) is 2. The topological polar surface area (TPSA) is 98.5 Å². The number of aliphatic hydroxyl groups is 1. The number of nitrogens with zero attached hydrogens (tertiary/aromatic N) is 3. The Labute approximate surface area is 212 Å². The fourth-order valence-electron chi connectivity index (χ4n) is 4.37. The lowest BCUT2D eigenvalue weighted by Crippen LogP contribution is -2.22. The predicted molar refractivity (Wildman–Crippen MR) is 139 cm³/mol. The number of carbonyl (C=O) groups is 1. The SMILES string of the molecule is Cc1c(C(=O)Nc2ccc(C3CCC(O)CC3)nc2)cnn1-c1ccc(OCCOC(C)(C)C)cc1. The van der Waals surface area contributed by atoms with E-state index in [1.807, 2.05) is 64.1 Å². The van der Waals surface area contributed by atoms with Crippen LogP contribution >= 0.6 is 0 Å². The number of ether oxygens (including phenoxy) is 2. The van der Waals surface area contributed by atoms with Crippen LogP contribution in [0.4, 0.5) is 5.69 Å². The van der Waals surface area contributed by atoms with Crippen LogP contribution in [0.3, 0.4) is 0 Å². The molecule has 2 aromatic heterocycles. The molecule has 0 saturated heterocycles. The number of rotatable bonds is 8. The second-order valence-electron chi connectivity index (χ2n) is 10.3. The molecule has 0 atom stereocenters. The lowest BCUT2D eigenvalue weighted by atomic mass is 9.85. The van der Waals surface area contributed by atoms with Gasteiger partial charge in [-0.1, -0.05) is 0 Å². The van der Waals surface area contributed by atoms with Gasteiger partial charge in [0.1, 0.15) is 12.4 Å². The van der Waals surface area contributed by atoms with Crippen LogP contribution in [0.1, 0.15) is 74.1 Å². The third-order valence-electron chi connectivity index (χ3n) is 6.38. The first-order chi connectivity index (χ1) is 17.2. The minimum atomic E-state index is -0.229. The molecule has 1 aromatic carbocycles. The zero-order chi connectivity index (χ0) is 25.7. The molecule has 192 valence electrons. The minimum absolute atomic E-state index is 0.185. The van der Waals surface area contributed by atoms with Crippen molar-refractivity contribution in [1.29, 1.82) is 0 Å². The molecule has 0 unspecified atom stereocenters. The van der Waals surface area contributed by atoms with Crippen molar-refractivity contribution >= 4 is 11.6 Å². The van der Waals surface area contributed by atoms with Gasteiger partial charge < -0.3 is 19.9 Å². The minimum Gasteiger partial charge on any atom is -0.491 e. The highest BCUT2D eigenvalue weighted by atomic mass is 16.5. The first-order valence-electron chi connectivity index (χ1n) is 12.6. The standard InChI is InChI=1S/C28H36N4O4/c1-19-25(27(34)31-21-7-14-26(29-17-21)20-5-10-23(33)11-6-20)18-30-32(19)22-8-12-24(13-9-22)35-15-16-36-28(2,3)4/h7-9,12-14,17-18,20,23,33H,5-6,10-11,15-16H2,1-4H3,(H,31,34). The lowest BCUT2D eigenvalue weighted by Gasteiger charge is -2.24. The zero-order valence-corrected chi connectivity index (χ0v) is 21.5. The summed E-state index contributed by atoms with van der Waals surface area (Å²) in [5, 5.41) is 17.1. The molecule has 2 N–H and O–H groups in total. The van der Waals surface area contributed by atoms with Crippen molar-refractivity contribution < 1.29 is 19.4 Å². The molecule has 4 rings (SSSR count). The number of carbonyl (C=O) groups excluding carboxylic acids is 1. The first kappa shape index (κ1) is 25.9. The Bertz CT molecular complexity index is 1140. The zero-order valence-electron chi connectivity index (χ0n) is 21.5. The summed E-state index contributed by atoms with van der Waals surface area (Å²) >= 11 is 0. The van der Waals surface area contributed by atoms with Crippen molar-refractivity contribution in [1.82, 2.24) is 14.8 Å². The normalized spacial score (nSPS) is 18.1. The van der Waals surface area contributed by atoms with Crippen molar-refractivity contribution in [2.24, 2.45) is 0 Å². The quantitative estimate of drug-likeness (QED) is 0.428. The summed E-state index contributed by atoms with van der Waals surface area (Å²) in [6.45, 7) is 8.91. The number of hydrogen-bond acceptors (Lipinski definition) is 6. The molecule has 0 bridgehead atoms. The number of nitrogens with one attached hydrogen (secondary N) is 1. The van der Waals surface area contributed by atoms with Crippen molar-refractivity contribution in [3.05, 3.63) is 65.7 Å². The van der Waals surface area contributed by atoms with E-state index in [1.54, 1.807) is 17.1 Å². The van der Waals surface area contributed by atoms with Crippen LogP contribution in [0.15, 0.2) is 48.8 Å². The third-order valence-corrected chi connectivity index (χ3v) is 6.38. The Morgan fingerprint density at radius 1 is 1.06 bits per heavy atom. The van der Waals surface area contributed by atoms with Gasteiger partial charge >= 0.3 is 0 Å². The Kier molecular flexibility index (Phi) is 8.06. The molecule has 3 aromatic rings. The van der Waals surface area contributed by atoms with Gasteiger partial charge in [-0.25, -0.2) is 4.68 Å². The summed E-state index contributed by atoms with van der Waals surface area (Å²) in [5.41, 5.74) is 3.55. The maximum absolute atomic E-state index is 12.9. The van der Waals surface area contributed by atoms with Gasteiger partial charge in [0.2, 0.25) is 0 Å². The van der Waals surface area contributed by atoms with E-state index < -0.39 is 0 Å². The van der Waals surface area contributed by atoms with Gasteiger partial charge in [-0.2, -0.15) is 5.10 Å². The van der Waals surface area contributed by atoms with Crippen molar-refractivity contribution in [3.8, 4) is 11.4 Å². The van der Waals surface area contributed by atoms with Gasteiger partial charge in [-0.05, 0) is 89.8 Å². The maximum Gasteiger partial charge on any atom is 0.259 e. The van der Waals surface area contributed by atoms with Gasteiger partial charge in [-0.15, -0.1) is 0 Å². The van der Waals surface area contributed by atoms with E-state index in [1.165, 1.54) is 0 Å². The molecular weight excluding hydrogens is 456 g/mol. The molecule has 1 saturated carbocycles. The van der Waals surface area contributed by atoms with Gasteiger partial charge in [0.05, 0.1) is 53.3 Å². The van der Waals surface area contributed by atoms with Crippen LogP contribution in [0.2, 0.25) is 0 Å². The Morgan fingerprint density at radius 3 is 2.42 bits per heavy atom. The van der Waals surface area contributed by atoms with E-state index in [9.17, 15) is 9.90 Å². The monoisotopic (exact) mass is 492 g/mol. The van der Waals surface area contributed by atoms with E-state index in [4.69, 9.17) is 9.47 Å². The van der Waals surface area contributed by atoms with Crippen LogP contribution < -0.4 is 10.1 Å². The highest BCUT2D eigenvalue weighted by molar-refractivity contribution is 6.04. The highest BCUT2D eigenvalue weighted by Crippen LogP contribution is 2.32. The summed E-state index contributed by atoms with van der Waals surface area (Å²) in [6, 6.07) is 11.4. The number of aromatic nitrogens is 3. The molecule has 8 heteroatoms. The van der Waals surface area contributed by atoms with Crippen LogP contribution in [0, 0.1) is 6.92 Å². The predicted octanol–water partition coefficient (Wildman–Crippen LogP) is 5.04. The molecule has 1 aliphatic rings. The molecule has 2 heterocycles. The van der Waals surface area contributed by atoms with E-state index >= 15 is 0 Å². The average molecular weight is 493 g/mol. The summed E-state index contributed by atoms with van der Waals surface area (Å²) in [6.07, 6.45) is 6.60. The van der Waals surface area contributed by atoms with Crippen LogP contribution in [-0.2, 0) is 4.74 Å². The van der Waals surface area contributed by atoms with E-state index in [-0.39, 0.29) is 17.6 Å². The Hall–Kier alpha value is -3.23. The van der Waals surface area contributed by atoms with Crippen LogP contribution in [-0.4, -0.2) is 50.7 Å². The summed E-state index contributed by atoms with van der Waals surface area (Å²) < 4.78 is 13.2. The van der Waals surface area contributed by atoms with E-state index in [2.05, 4.69) is 15.4 Å². The molecule has 0 spiro atoms. The third kappa shape index (κ3) is 6.71. The van der Waals surface area contributed by atoms with Gasteiger partial charge in [0, 0.05) is 11.6 Å². The first-order valence-corrected chi connectivity index (χ1v) is 12.6. The second kappa shape index (κ2) is 11.2. The van der Waals surface area contributed by atoms with Crippen molar-refractivity contribution in [2.45, 2.75) is 71.0 Å². The van der Waals surface area contributed by atoms with Gasteiger partial charge in [-0.3, -0.25) is 9.78 Å². The maximum atomic E-state index is 12.9. The number of benzene rings is 1. The molecule has 0 aliphatic heterocycles. The average Bonchev–Trinajstić information content (AvgIpc) is 3.24. The van der Waals surface area contributed by atoms with Crippen molar-refractivity contribution in [3.63, 3.8) is 0 Å². The second-order valence-corrected chi connectivity index (χ2v) is 10.3. The summed E-state index contributed by atoms with van der Waals surface area (Å²) in [4.78, 5) is 17.5. The van der Waals surface area contributed by atoms with Crippen LogP contribution in [0.5, 0.6) is 5.75 Å². The van der Waals surface area contributed by atoms with Crippen molar-refractivity contribution in [2.75, 3.05) is 18.5 Å². The number of anilines is 1. The highest BCUT2D eigenvalue weighted by Gasteiger charge is 2.22. The molecule has 1 fully saturated rings. The fourth-order valence-corrected chi connectivity index (χ4v) is 4.37. The Morgan fingerprint density at radius 2 is 1.78 bits per heavy atom. The fraction of sp³-hybridized carbons (Fsp3) is 0.464. The smallest absolute Gasteiger partial charge is 0.259 e. The van der Waals surface area contributed by atoms with Gasteiger partial charge in [0.25, 0.3) is 5.91 Å². The van der Waals surface area contributed by atoms with E-state index in [0.717, 1.165) is 48.5 Å². The molecule has 1 amide bonds.